The SMILES string of the molecule is CCN(CC)C1CCN(c2ccccc2[C@@H](C)O)C1. The lowest BCUT2D eigenvalue weighted by atomic mass is 10.1. The van der Waals surface area contributed by atoms with E-state index >= 15 is 0 Å². The zero-order valence-corrected chi connectivity index (χ0v) is 12.3. The van der Waals surface area contributed by atoms with Gasteiger partial charge in [-0.15, -0.1) is 0 Å². The smallest absolute Gasteiger partial charge is 0.0781 e. The second kappa shape index (κ2) is 6.40. The number of para-hydroxylation sites is 1. The van der Waals surface area contributed by atoms with Crippen LogP contribution in [0.25, 0.3) is 0 Å². The number of nitrogens with zero attached hydrogens (tertiary/aromatic N) is 2. The van der Waals surface area contributed by atoms with Crippen molar-refractivity contribution in [3.05, 3.63) is 29.8 Å². The highest BCUT2D eigenvalue weighted by Gasteiger charge is 2.27. The summed E-state index contributed by atoms with van der Waals surface area (Å²) in [5.41, 5.74) is 2.25. The van der Waals surface area contributed by atoms with Crippen LogP contribution in [0.15, 0.2) is 24.3 Å². The van der Waals surface area contributed by atoms with Gasteiger partial charge in [0.2, 0.25) is 0 Å². The van der Waals surface area contributed by atoms with Crippen molar-refractivity contribution >= 4 is 5.69 Å². The Labute approximate surface area is 116 Å². The maximum absolute atomic E-state index is 9.90. The van der Waals surface area contributed by atoms with Crippen molar-refractivity contribution in [1.82, 2.24) is 4.90 Å². The van der Waals surface area contributed by atoms with Crippen LogP contribution in [0.1, 0.15) is 38.9 Å². The molecule has 1 unspecified atom stereocenters. The first kappa shape index (κ1) is 14.4. The Morgan fingerprint density at radius 2 is 2.00 bits per heavy atom. The van der Waals surface area contributed by atoms with E-state index in [9.17, 15) is 5.11 Å². The first-order valence-electron chi connectivity index (χ1n) is 7.43. The molecule has 2 rings (SSSR count). The number of aliphatic hydroxyl groups is 1. The van der Waals surface area contributed by atoms with Crippen LogP contribution < -0.4 is 4.90 Å². The molecule has 1 aliphatic heterocycles. The fraction of sp³-hybridized carbons (Fsp3) is 0.625. The van der Waals surface area contributed by atoms with E-state index in [1.807, 2.05) is 19.1 Å². The summed E-state index contributed by atoms with van der Waals surface area (Å²) in [4.78, 5) is 4.95. The van der Waals surface area contributed by atoms with Crippen LogP contribution in [0.2, 0.25) is 0 Å². The molecule has 3 nitrogen and oxygen atoms in total. The van der Waals surface area contributed by atoms with E-state index < -0.39 is 6.10 Å². The second-order valence-electron chi connectivity index (χ2n) is 5.34. The van der Waals surface area contributed by atoms with E-state index in [1.165, 1.54) is 12.1 Å². The van der Waals surface area contributed by atoms with Crippen molar-refractivity contribution in [2.24, 2.45) is 0 Å². The minimum absolute atomic E-state index is 0.399. The van der Waals surface area contributed by atoms with Gasteiger partial charge in [-0.2, -0.15) is 0 Å². The maximum Gasteiger partial charge on any atom is 0.0781 e. The molecule has 1 aliphatic rings. The Kier molecular flexibility index (Phi) is 4.83. The molecule has 0 amide bonds. The molecule has 3 heteroatoms. The van der Waals surface area contributed by atoms with Gasteiger partial charge in [0.1, 0.15) is 0 Å². The van der Waals surface area contributed by atoms with Crippen molar-refractivity contribution in [3.63, 3.8) is 0 Å². The topological polar surface area (TPSA) is 26.7 Å². The van der Waals surface area contributed by atoms with E-state index in [1.54, 1.807) is 0 Å². The van der Waals surface area contributed by atoms with Crippen LogP contribution >= 0.6 is 0 Å². The number of aliphatic hydroxyl groups excluding tert-OH is 1. The van der Waals surface area contributed by atoms with Crippen LogP contribution in [0, 0.1) is 0 Å². The van der Waals surface area contributed by atoms with Crippen LogP contribution in [-0.2, 0) is 0 Å². The highest BCUT2D eigenvalue weighted by atomic mass is 16.3. The number of hydrogen-bond acceptors (Lipinski definition) is 3. The van der Waals surface area contributed by atoms with Gasteiger partial charge in [0.15, 0.2) is 0 Å². The molecule has 0 spiro atoms. The summed E-state index contributed by atoms with van der Waals surface area (Å²) >= 11 is 0. The molecule has 0 aliphatic carbocycles. The Morgan fingerprint density at radius 3 is 2.63 bits per heavy atom. The predicted octanol–water partition coefficient (Wildman–Crippen LogP) is 2.66. The summed E-state index contributed by atoms with van der Waals surface area (Å²) in [6, 6.07) is 8.88. The molecule has 1 heterocycles. The molecule has 1 fully saturated rings. The fourth-order valence-electron chi connectivity index (χ4n) is 3.13. The average molecular weight is 262 g/mol. The van der Waals surface area contributed by atoms with Crippen LogP contribution in [0.3, 0.4) is 0 Å². The van der Waals surface area contributed by atoms with E-state index in [4.69, 9.17) is 0 Å². The molecule has 1 aromatic carbocycles. The van der Waals surface area contributed by atoms with Crippen molar-refractivity contribution in [3.8, 4) is 0 Å². The number of benzene rings is 1. The quantitative estimate of drug-likeness (QED) is 0.884. The molecule has 2 atom stereocenters. The fourth-order valence-corrected chi connectivity index (χ4v) is 3.13. The standard InChI is InChI=1S/C16H26N2O/c1-4-17(5-2)14-10-11-18(12-14)16-9-7-6-8-15(16)13(3)19/h6-9,13-14,19H,4-5,10-12H2,1-3H3/t13-,14?/m1/s1. The van der Waals surface area contributed by atoms with Crippen molar-refractivity contribution < 1.29 is 5.11 Å². The van der Waals surface area contributed by atoms with E-state index in [-0.39, 0.29) is 0 Å². The van der Waals surface area contributed by atoms with Gasteiger partial charge in [0.05, 0.1) is 6.10 Å². The van der Waals surface area contributed by atoms with Gasteiger partial charge < -0.3 is 10.0 Å². The summed E-state index contributed by atoms with van der Waals surface area (Å²) < 4.78 is 0. The second-order valence-corrected chi connectivity index (χ2v) is 5.34. The van der Waals surface area contributed by atoms with Crippen molar-refractivity contribution in [2.45, 2.75) is 39.3 Å². The lowest BCUT2D eigenvalue weighted by Crippen LogP contribution is -2.37. The van der Waals surface area contributed by atoms with Crippen LogP contribution in [0.4, 0.5) is 5.69 Å². The van der Waals surface area contributed by atoms with Gasteiger partial charge in [0, 0.05) is 30.4 Å². The monoisotopic (exact) mass is 262 g/mol. The molecule has 106 valence electrons. The zero-order chi connectivity index (χ0) is 13.8. The van der Waals surface area contributed by atoms with Crippen LogP contribution in [0.5, 0.6) is 0 Å². The molecule has 19 heavy (non-hydrogen) atoms. The summed E-state index contributed by atoms with van der Waals surface area (Å²) in [5, 5.41) is 9.90. The molecule has 0 bridgehead atoms. The Balaban J connectivity index is 2.13. The Hall–Kier alpha value is -1.06. The summed E-state index contributed by atoms with van der Waals surface area (Å²) in [5.74, 6) is 0. The van der Waals surface area contributed by atoms with E-state index in [2.05, 4.69) is 35.8 Å². The van der Waals surface area contributed by atoms with Gasteiger partial charge in [0.25, 0.3) is 0 Å². The lowest BCUT2D eigenvalue weighted by molar-refractivity contribution is 0.199. The predicted molar refractivity (Wildman–Crippen MR) is 80.6 cm³/mol. The van der Waals surface area contributed by atoms with E-state index in [0.717, 1.165) is 31.7 Å². The van der Waals surface area contributed by atoms with Crippen molar-refractivity contribution in [2.75, 3.05) is 31.1 Å². The summed E-state index contributed by atoms with van der Waals surface area (Å²) in [6.07, 6.45) is 0.819. The summed E-state index contributed by atoms with van der Waals surface area (Å²) in [6.45, 7) is 10.7. The van der Waals surface area contributed by atoms with Gasteiger partial charge in [-0.3, -0.25) is 4.90 Å². The molecule has 1 saturated heterocycles. The van der Waals surface area contributed by atoms with Crippen molar-refractivity contribution in [1.29, 1.82) is 0 Å². The Morgan fingerprint density at radius 1 is 1.32 bits per heavy atom. The molecule has 0 aromatic heterocycles. The number of anilines is 1. The Bertz CT molecular complexity index is 401. The minimum atomic E-state index is -0.399. The zero-order valence-electron chi connectivity index (χ0n) is 12.3. The molecular formula is C16H26N2O. The van der Waals surface area contributed by atoms with Gasteiger partial charge in [-0.1, -0.05) is 32.0 Å². The molecular weight excluding hydrogens is 236 g/mol. The molecule has 0 radical (unpaired) electrons. The third kappa shape index (κ3) is 3.10. The average Bonchev–Trinajstić information content (AvgIpc) is 2.89. The highest BCUT2D eigenvalue weighted by molar-refractivity contribution is 5.55. The summed E-state index contributed by atoms with van der Waals surface area (Å²) in [7, 11) is 0. The van der Waals surface area contributed by atoms with E-state index in [0.29, 0.717) is 6.04 Å². The minimum Gasteiger partial charge on any atom is -0.389 e. The number of hydrogen-bond donors (Lipinski definition) is 1. The van der Waals surface area contributed by atoms with Gasteiger partial charge in [-0.25, -0.2) is 0 Å². The third-order valence-electron chi connectivity index (χ3n) is 4.22. The normalized spacial score (nSPS) is 21.1. The van der Waals surface area contributed by atoms with Gasteiger partial charge in [-0.05, 0) is 32.5 Å². The first-order chi connectivity index (χ1) is 9.17. The van der Waals surface area contributed by atoms with Crippen LogP contribution in [-0.4, -0.2) is 42.2 Å². The maximum atomic E-state index is 9.90. The highest BCUT2D eigenvalue weighted by Crippen LogP contribution is 2.29. The molecule has 1 N–H and O–H groups in total. The molecule has 1 aromatic rings. The first-order valence-corrected chi connectivity index (χ1v) is 7.43. The van der Waals surface area contributed by atoms with Gasteiger partial charge >= 0.3 is 0 Å². The third-order valence-corrected chi connectivity index (χ3v) is 4.22. The largest absolute Gasteiger partial charge is 0.389 e. The number of likely N-dealkylation sites (N-methyl/N-ethyl adjacent to an activating group) is 1. The number of rotatable bonds is 5. The lowest BCUT2D eigenvalue weighted by Gasteiger charge is -2.27. The molecule has 0 saturated carbocycles.